The molecule has 0 atom stereocenters. The lowest BCUT2D eigenvalue weighted by Gasteiger charge is -2.13. The molecule has 2 aromatic carbocycles. The SMILES string of the molecule is Cn1cc(CC(=O)Nc2ccccc2-c2cc(Cl)ccc2Cl)c(C(F)F)n1. The summed E-state index contributed by atoms with van der Waals surface area (Å²) < 4.78 is 27.4. The number of carbonyl (C=O) groups is 1. The number of hydrogen-bond acceptors (Lipinski definition) is 2. The Balaban J connectivity index is 1.87. The van der Waals surface area contributed by atoms with Crippen LogP contribution in [0.3, 0.4) is 0 Å². The monoisotopic (exact) mass is 409 g/mol. The van der Waals surface area contributed by atoms with E-state index in [2.05, 4.69) is 10.4 Å². The third-order valence-corrected chi connectivity index (χ3v) is 4.48. The van der Waals surface area contributed by atoms with E-state index in [9.17, 15) is 13.6 Å². The van der Waals surface area contributed by atoms with Crippen molar-refractivity contribution in [2.75, 3.05) is 5.32 Å². The van der Waals surface area contributed by atoms with Crippen LogP contribution >= 0.6 is 23.2 Å². The Hall–Kier alpha value is -2.44. The molecule has 1 heterocycles. The largest absolute Gasteiger partial charge is 0.325 e. The summed E-state index contributed by atoms with van der Waals surface area (Å²) in [6.45, 7) is 0. The maximum absolute atomic E-state index is 13.1. The molecule has 1 amide bonds. The highest BCUT2D eigenvalue weighted by Crippen LogP contribution is 2.35. The van der Waals surface area contributed by atoms with Crippen molar-refractivity contribution in [2.45, 2.75) is 12.8 Å². The second-order valence-corrected chi connectivity index (χ2v) is 6.75. The Morgan fingerprint density at radius 1 is 1.19 bits per heavy atom. The molecule has 0 saturated carbocycles. The second kappa shape index (κ2) is 8.06. The molecule has 0 aliphatic carbocycles. The lowest BCUT2D eigenvalue weighted by Crippen LogP contribution is -2.15. The number of benzene rings is 2. The Bertz CT molecular complexity index is 989. The van der Waals surface area contributed by atoms with Gasteiger partial charge >= 0.3 is 0 Å². The molecule has 1 aromatic heterocycles. The fourth-order valence-corrected chi connectivity index (χ4v) is 3.16. The molecule has 3 rings (SSSR count). The first-order valence-corrected chi connectivity index (χ1v) is 8.75. The summed E-state index contributed by atoms with van der Waals surface area (Å²) in [5, 5.41) is 7.46. The zero-order valence-electron chi connectivity index (χ0n) is 14.2. The Labute approximate surface area is 164 Å². The van der Waals surface area contributed by atoms with Crippen LogP contribution in [0, 0.1) is 0 Å². The van der Waals surface area contributed by atoms with Crippen LogP contribution in [0.4, 0.5) is 14.5 Å². The van der Waals surface area contributed by atoms with Crippen molar-refractivity contribution >= 4 is 34.8 Å². The topological polar surface area (TPSA) is 46.9 Å². The average Bonchev–Trinajstić information content (AvgIpc) is 2.98. The summed E-state index contributed by atoms with van der Waals surface area (Å²) in [6.07, 6.45) is -1.54. The predicted octanol–water partition coefficient (Wildman–Crippen LogP) is 5.51. The summed E-state index contributed by atoms with van der Waals surface area (Å²) in [5.41, 5.74) is 1.64. The maximum atomic E-state index is 13.1. The van der Waals surface area contributed by atoms with Crippen LogP contribution in [0.1, 0.15) is 17.7 Å². The third kappa shape index (κ3) is 4.46. The number of para-hydroxylation sites is 1. The normalized spacial score (nSPS) is 11.0. The lowest BCUT2D eigenvalue weighted by atomic mass is 10.0. The van der Waals surface area contributed by atoms with E-state index < -0.39 is 12.3 Å². The zero-order valence-corrected chi connectivity index (χ0v) is 15.7. The molecule has 0 aliphatic rings. The van der Waals surface area contributed by atoms with Gasteiger partial charge in [-0.25, -0.2) is 8.78 Å². The van der Waals surface area contributed by atoms with E-state index >= 15 is 0 Å². The highest BCUT2D eigenvalue weighted by atomic mass is 35.5. The fraction of sp³-hybridized carbons (Fsp3) is 0.158. The van der Waals surface area contributed by atoms with Crippen LogP contribution in [0.5, 0.6) is 0 Å². The van der Waals surface area contributed by atoms with Crippen molar-refractivity contribution in [2.24, 2.45) is 7.05 Å². The van der Waals surface area contributed by atoms with Crippen LogP contribution in [0.15, 0.2) is 48.7 Å². The molecule has 0 aliphatic heterocycles. The first kappa shape index (κ1) is 19.3. The second-order valence-electron chi connectivity index (χ2n) is 5.91. The molecule has 27 heavy (non-hydrogen) atoms. The molecule has 0 spiro atoms. The molecule has 3 aromatic rings. The average molecular weight is 410 g/mol. The van der Waals surface area contributed by atoms with Crippen molar-refractivity contribution in [1.82, 2.24) is 9.78 Å². The number of carbonyl (C=O) groups excluding carboxylic acids is 1. The van der Waals surface area contributed by atoms with Gasteiger partial charge in [-0.15, -0.1) is 0 Å². The molecule has 140 valence electrons. The molecule has 1 N–H and O–H groups in total. The van der Waals surface area contributed by atoms with Crippen molar-refractivity contribution in [3.63, 3.8) is 0 Å². The molecule has 4 nitrogen and oxygen atoms in total. The van der Waals surface area contributed by atoms with Crippen molar-refractivity contribution in [3.8, 4) is 11.1 Å². The summed E-state index contributed by atoms with van der Waals surface area (Å²) in [4.78, 5) is 12.4. The highest BCUT2D eigenvalue weighted by Gasteiger charge is 2.20. The maximum Gasteiger partial charge on any atom is 0.282 e. The van der Waals surface area contributed by atoms with E-state index in [1.54, 1.807) is 42.5 Å². The first-order valence-electron chi connectivity index (χ1n) is 8.00. The molecule has 0 bridgehead atoms. The number of rotatable bonds is 5. The molecule has 0 radical (unpaired) electrons. The van der Waals surface area contributed by atoms with Gasteiger partial charge in [0.15, 0.2) is 0 Å². The Morgan fingerprint density at radius 2 is 1.93 bits per heavy atom. The van der Waals surface area contributed by atoms with E-state index in [-0.39, 0.29) is 17.7 Å². The molecule has 8 heteroatoms. The number of hydrogen-bond donors (Lipinski definition) is 1. The van der Waals surface area contributed by atoms with Gasteiger partial charge < -0.3 is 5.32 Å². The molecular formula is C19H15Cl2F2N3O. The van der Waals surface area contributed by atoms with Crippen LogP contribution in [-0.2, 0) is 18.3 Å². The predicted molar refractivity (Wildman–Crippen MR) is 102 cm³/mol. The molecular weight excluding hydrogens is 395 g/mol. The minimum Gasteiger partial charge on any atom is -0.325 e. The minimum atomic E-state index is -2.74. The quantitative estimate of drug-likeness (QED) is 0.603. The van der Waals surface area contributed by atoms with E-state index in [4.69, 9.17) is 23.2 Å². The van der Waals surface area contributed by atoms with Gasteiger partial charge in [-0.05, 0) is 24.3 Å². The van der Waals surface area contributed by atoms with E-state index in [0.29, 0.717) is 26.9 Å². The standard InChI is InChI=1S/C19H15Cl2F2N3O/c1-26-10-11(18(25-26)19(22)23)8-17(27)24-16-5-3-2-4-13(16)14-9-12(20)6-7-15(14)21/h2-7,9-10,19H,8H2,1H3,(H,24,27). The molecule has 0 saturated heterocycles. The number of alkyl halides is 2. The minimum absolute atomic E-state index is 0.184. The van der Waals surface area contributed by atoms with Crippen LogP contribution in [-0.4, -0.2) is 15.7 Å². The molecule has 0 fully saturated rings. The van der Waals surface area contributed by atoms with Crippen LogP contribution in [0.25, 0.3) is 11.1 Å². The smallest absolute Gasteiger partial charge is 0.282 e. The third-order valence-electron chi connectivity index (χ3n) is 3.91. The van der Waals surface area contributed by atoms with Gasteiger partial charge in [0.2, 0.25) is 5.91 Å². The first-order chi connectivity index (χ1) is 12.8. The number of nitrogens with one attached hydrogen (secondary N) is 1. The lowest BCUT2D eigenvalue weighted by molar-refractivity contribution is -0.115. The summed E-state index contributed by atoms with van der Waals surface area (Å²) >= 11 is 12.3. The van der Waals surface area contributed by atoms with E-state index in [0.717, 1.165) is 0 Å². The van der Waals surface area contributed by atoms with Crippen molar-refractivity contribution in [1.29, 1.82) is 0 Å². The van der Waals surface area contributed by atoms with Crippen molar-refractivity contribution < 1.29 is 13.6 Å². The number of nitrogens with zero attached hydrogens (tertiary/aromatic N) is 2. The van der Waals surface area contributed by atoms with Gasteiger partial charge in [-0.2, -0.15) is 5.10 Å². The Kier molecular flexibility index (Phi) is 5.77. The fourth-order valence-electron chi connectivity index (χ4n) is 2.77. The zero-order chi connectivity index (χ0) is 19.6. The number of aryl methyl sites for hydroxylation is 1. The van der Waals surface area contributed by atoms with Gasteiger partial charge in [0.1, 0.15) is 5.69 Å². The number of halogens is 4. The number of amides is 1. The summed E-state index contributed by atoms with van der Waals surface area (Å²) in [7, 11) is 1.53. The van der Waals surface area contributed by atoms with Crippen molar-refractivity contribution in [3.05, 3.63) is 70.0 Å². The molecule has 0 unspecified atom stereocenters. The summed E-state index contributed by atoms with van der Waals surface area (Å²) in [6, 6.07) is 12.1. The van der Waals surface area contributed by atoms with E-state index in [1.165, 1.54) is 17.9 Å². The van der Waals surface area contributed by atoms with Gasteiger partial charge in [-0.1, -0.05) is 41.4 Å². The summed E-state index contributed by atoms with van der Waals surface area (Å²) in [5.74, 6) is -0.435. The van der Waals surface area contributed by atoms with Gasteiger partial charge in [0.05, 0.1) is 6.42 Å². The van der Waals surface area contributed by atoms with Crippen LogP contribution < -0.4 is 5.32 Å². The number of aromatic nitrogens is 2. The highest BCUT2D eigenvalue weighted by molar-refractivity contribution is 6.35. The number of anilines is 1. The van der Waals surface area contributed by atoms with Gasteiger partial charge in [-0.3, -0.25) is 9.48 Å². The van der Waals surface area contributed by atoms with Crippen LogP contribution in [0.2, 0.25) is 10.0 Å². The van der Waals surface area contributed by atoms with Gasteiger partial charge in [0.25, 0.3) is 6.43 Å². The van der Waals surface area contributed by atoms with Gasteiger partial charge in [0, 0.05) is 45.7 Å². The Morgan fingerprint density at radius 3 is 2.67 bits per heavy atom. The van der Waals surface area contributed by atoms with E-state index in [1.807, 2.05) is 0 Å².